The standard InChI is InChI=1S/C12H24N2O3S.ClH/c1-5-6-12(4,13)10(15)14-7-8-18(16,17)11(2,3)9-14;/h5-9,13H2,1-4H3;1H. The fraction of sp³-hybridized carbons (Fsp3) is 0.917. The number of hydrogen-bond donors (Lipinski definition) is 1. The Bertz CT molecular complexity index is 432. The van der Waals surface area contributed by atoms with Gasteiger partial charge in [-0.15, -0.1) is 12.4 Å². The van der Waals surface area contributed by atoms with Gasteiger partial charge in [0.2, 0.25) is 5.91 Å². The van der Waals surface area contributed by atoms with Gasteiger partial charge in [0.15, 0.2) is 9.84 Å². The summed E-state index contributed by atoms with van der Waals surface area (Å²) >= 11 is 0. The van der Waals surface area contributed by atoms with Crippen molar-refractivity contribution in [3.8, 4) is 0 Å². The van der Waals surface area contributed by atoms with Gasteiger partial charge in [0, 0.05) is 13.1 Å². The molecule has 0 saturated carbocycles. The Morgan fingerprint density at radius 1 is 1.42 bits per heavy atom. The summed E-state index contributed by atoms with van der Waals surface area (Å²) in [6, 6.07) is 0. The molecule has 0 bridgehead atoms. The molecule has 114 valence electrons. The van der Waals surface area contributed by atoms with E-state index in [1.54, 1.807) is 25.7 Å². The van der Waals surface area contributed by atoms with E-state index in [2.05, 4.69) is 0 Å². The lowest BCUT2D eigenvalue weighted by atomic mass is 9.95. The molecule has 0 aromatic carbocycles. The smallest absolute Gasteiger partial charge is 0.242 e. The number of carbonyl (C=O) groups excluding carboxylic acids is 1. The average molecular weight is 313 g/mol. The number of rotatable bonds is 3. The summed E-state index contributed by atoms with van der Waals surface area (Å²) in [5, 5.41) is 0. The van der Waals surface area contributed by atoms with Crippen molar-refractivity contribution >= 4 is 28.2 Å². The Labute approximate surface area is 122 Å². The van der Waals surface area contributed by atoms with E-state index < -0.39 is 20.1 Å². The number of sulfone groups is 1. The third-order valence-electron chi connectivity index (χ3n) is 3.59. The summed E-state index contributed by atoms with van der Waals surface area (Å²) in [5.41, 5.74) is 5.12. The molecule has 0 aromatic heterocycles. The van der Waals surface area contributed by atoms with Gasteiger partial charge in [0.1, 0.15) is 0 Å². The fourth-order valence-corrected chi connectivity index (χ4v) is 3.67. The predicted molar refractivity (Wildman–Crippen MR) is 79.2 cm³/mol. The van der Waals surface area contributed by atoms with Gasteiger partial charge in [-0.1, -0.05) is 13.3 Å². The second-order valence-electron chi connectivity index (χ2n) is 5.97. The van der Waals surface area contributed by atoms with E-state index >= 15 is 0 Å². The topological polar surface area (TPSA) is 80.5 Å². The first-order valence-corrected chi connectivity index (χ1v) is 7.99. The van der Waals surface area contributed by atoms with Gasteiger partial charge < -0.3 is 10.6 Å². The molecule has 1 fully saturated rings. The van der Waals surface area contributed by atoms with E-state index in [0.29, 0.717) is 6.42 Å². The highest BCUT2D eigenvalue weighted by molar-refractivity contribution is 7.92. The highest BCUT2D eigenvalue weighted by Gasteiger charge is 2.44. The van der Waals surface area contributed by atoms with Gasteiger partial charge in [0.05, 0.1) is 16.0 Å². The molecular weight excluding hydrogens is 288 g/mol. The minimum Gasteiger partial charge on any atom is -0.339 e. The largest absolute Gasteiger partial charge is 0.339 e. The lowest BCUT2D eigenvalue weighted by Gasteiger charge is -2.40. The molecule has 1 amide bonds. The van der Waals surface area contributed by atoms with Crippen LogP contribution in [0.1, 0.15) is 40.5 Å². The summed E-state index contributed by atoms with van der Waals surface area (Å²) in [7, 11) is -3.12. The molecular formula is C12H25ClN2O3S. The number of amides is 1. The van der Waals surface area contributed by atoms with Crippen LogP contribution in [0, 0.1) is 0 Å². The van der Waals surface area contributed by atoms with E-state index in [9.17, 15) is 13.2 Å². The molecule has 7 heteroatoms. The second-order valence-corrected chi connectivity index (χ2v) is 8.72. The van der Waals surface area contributed by atoms with Crippen LogP contribution in [0.5, 0.6) is 0 Å². The first kappa shape index (κ1) is 18.7. The highest BCUT2D eigenvalue weighted by atomic mass is 35.5. The van der Waals surface area contributed by atoms with E-state index in [4.69, 9.17) is 5.73 Å². The number of halogens is 1. The van der Waals surface area contributed by atoms with Crippen molar-refractivity contribution in [1.29, 1.82) is 0 Å². The van der Waals surface area contributed by atoms with Gasteiger partial charge >= 0.3 is 0 Å². The molecule has 1 rings (SSSR count). The zero-order valence-electron chi connectivity index (χ0n) is 12.1. The molecule has 1 unspecified atom stereocenters. The van der Waals surface area contributed by atoms with E-state index in [1.807, 2.05) is 6.92 Å². The van der Waals surface area contributed by atoms with Crippen molar-refractivity contribution < 1.29 is 13.2 Å². The van der Waals surface area contributed by atoms with Gasteiger partial charge in [-0.05, 0) is 27.2 Å². The van der Waals surface area contributed by atoms with Gasteiger partial charge in [-0.3, -0.25) is 4.79 Å². The maximum atomic E-state index is 12.3. The van der Waals surface area contributed by atoms with Crippen LogP contribution in [0.25, 0.3) is 0 Å². The summed E-state index contributed by atoms with van der Waals surface area (Å²) in [4.78, 5) is 13.9. The van der Waals surface area contributed by atoms with E-state index in [0.717, 1.165) is 6.42 Å². The third-order valence-corrected chi connectivity index (χ3v) is 6.12. The van der Waals surface area contributed by atoms with E-state index in [-0.39, 0.29) is 37.2 Å². The molecule has 19 heavy (non-hydrogen) atoms. The summed E-state index contributed by atoms with van der Waals surface area (Å²) in [6.45, 7) is 7.49. The second kappa shape index (κ2) is 5.97. The molecule has 0 spiro atoms. The average Bonchev–Trinajstić information content (AvgIpc) is 2.21. The van der Waals surface area contributed by atoms with Crippen LogP contribution < -0.4 is 5.73 Å². The SMILES string of the molecule is CCCC(C)(N)C(=O)N1CCS(=O)(=O)C(C)(C)C1.Cl. The minimum absolute atomic E-state index is 0. The lowest BCUT2D eigenvalue weighted by Crippen LogP contribution is -2.61. The molecule has 1 heterocycles. The molecule has 0 aliphatic carbocycles. The van der Waals surface area contributed by atoms with Crippen LogP contribution in [0.4, 0.5) is 0 Å². The molecule has 0 aromatic rings. The number of nitrogens with zero attached hydrogens (tertiary/aromatic N) is 1. The van der Waals surface area contributed by atoms with Crippen LogP contribution in [-0.4, -0.2) is 48.4 Å². The molecule has 1 atom stereocenters. The first-order chi connectivity index (χ1) is 8.03. The maximum Gasteiger partial charge on any atom is 0.242 e. The van der Waals surface area contributed by atoms with Crippen LogP contribution in [0.2, 0.25) is 0 Å². The molecule has 1 aliphatic heterocycles. The minimum atomic E-state index is -3.12. The van der Waals surface area contributed by atoms with Crippen LogP contribution in [-0.2, 0) is 14.6 Å². The van der Waals surface area contributed by atoms with Crippen molar-refractivity contribution in [1.82, 2.24) is 4.90 Å². The van der Waals surface area contributed by atoms with Crippen LogP contribution >= 0.6 is 12.4 Å². The Morgan fingerprint density at radius 2 is 1.95 bits per heavy atom. The Morgan fingerprint density at radius 3 is 2.37 bits per heavy atom. The Balaban J connectivity index is 0.00000324. The monoisotopic (exact) mass is 312 g/mol. The Kier molecular flexibility index (Phi) is 5.87. The van der Waals surface area contributed by atoms with Gasteiger partial charge in [-0.25, -0.2) is 8.42 Å². The maximum absolute atomic E-state index is 12.3. The van der Waals surface area contributed by atoms with Crippen molar-refractivity contribution in [2.75, 3.05) is 18.8 Å². The summed E-state index contributed by atoms with van der Waals surface area (Å²) < 4.78 is 22.9. The van der Waals surface area contributed by atoms with Gasteiger partial charge in [-0.2, -0.15) is 0 Å². The molecule has 1 saturated heterocycles. The van der Waals surface area contributed by atoms with Gasteiger partial charge in [0.25, 0.3) is 0 Å². The van der Waals surface area contributed by atoms with Crippen molar-refractivity contribution in [3.63, 3.8) is 0 Å². The zero-order valence-corrected chi connectivity index (χ0v) is 13.7. The first-order valence-electron chi connectivity index (χ1n) is 6.34. The third kappa shape index (κ3) is 3.83. The van der Waals surface area contributed by atoms with Crippen LogP contribution in [0.15, 0.2) is 0 Å². The molecule has 5 nitrogen and oxygen atoms in total. The quantitative estimate of drug-likeness (QED) is 0.841. The fourth-order valence-electron chi connectivity index (χ4n) is 2.30. The lowest BCUT2D eigenvalue weighted by molar-refractivity contribution is -0.137. The molecule has 2 N–H and O–H groups in total. The molecule has 0 radical (unpaired) electrons. The van der Waals surface area contributed by atoms with Crippen molar-refractivity contribution in [2.24, 2.45) is 5.73 Å². The molecule has 1 aliphatic rings. The van der Waals surface area contributed by atoms with Crippen LogP contribution in [0.3, 0.4) is 0 Å². The number of carbonyl (C=O) groups is 1. The van der Waals surface area contributed by atoms with Crippen molar-refractivity contribution in [2.45, 2.75) is 50.8 Å². The summed E-state index contributed by atoms with van der Waals surface area (Å²) in [6.07, 6.45) is 1.43. The Hall–Kier alpha value is -0.330. The zero-order chi connectivity index (χ0) is 14.2. The normalized spacial score (nSPS) is 24.2. The summed E-state index contributed by atoms with van der Waals surface area (Å²) in [5.74, 6) is -0.124. The van der Waals surface area contributed by atoms with Crippen molar-refractivity contribution in [3.05, 3.63) is 0 Å². The van der Waals surface area contributed by atoms with E-state index in [1.165, 1.54) is 0 Å². The number of nitrogens with two attached hydrogens (primary N) is 1. The highest BCUT2D eigenvalue weighted by Crippen LogP contribution is 2.25. The predicted octanol–water partition coefficient (Wildman–Crippen LogP) is 0.961. The number of hydrogen-bond acceptors (Lipinski definition) is 4.